The van der Waals surface area contributed by atoms with Gasteiger partial charge in [0.05, 0.1) is 12.8 Å². The van der Waals surface area contributed by atoms with Crippen LogP contribution < -0.4 is 10.1 Å². The lowest BCUT2D eigenvalue weighted by molar-refractivity contribution is -0.117. The lowest BCUT2D eigenvalue weighted by Gasteiger charge is -2.37. The summed E-state index contributed by atoms with van der Waals surface area (Å²) in [5, 5.41) is 11.7. The van der Waals surface area contributed by atoms with Gasteiger partial charge >= 0.3 is 0 Å². The van der Waals surface area contributed by atoms with Gasteiger partial charge in [-0.1, -0.05) is 23.9 Å². The van der Waals surface area contributed by atoms with Crippen molar-refractivity contribution in [2.75, 3.05) is 20.2 Å². The molecule has 2 heterocycles. The summed E-state index contributed by atoms with van der Waals surface area (Å²) >= 11 is 0. The van der Waals surface area contributed by atoms with Gasteiger partial charge in [0.1, 0.15) is 5.75 Å². The van der Waals surface area contributed by atoms with E-state index >= 15 is 0 Å². The first kappa shape index (κ1) is 20.1. The van der Waals surface area contributed by atoms with Gasteiger partial charge in [0.2, 0.25) is 5.91 Å². The lowest BCUT2D eigenvalue weighted by atomic mass is 9.91. The highest BCUT2D eigenvalue weighted by molar-refractivity contribution is 5.87. The minimum absolute atomic E-state index is 0.0479. The first-order chi connectivity index (χ1) is 13.5. The van der Waals surface area contributed by atoms with E-state index in [1.54, 1.807) is 7.11 Å². The molecule has 0 saturated carbocycles. The molecule has 0 aliphatic carbocycles. The summed E-state index contributed by atoms with van der Waals surface area (Å²) in [6.07, 6.45) is 4.19. The minimum Gasteiger partial charge on any atom is -0.497 e. The van der Waals surface area contributed by atoms with Crippen molar-refractivity contribution >= 4 is 5.91 Å². The number of likely N-dealkylation sites (tertiary alicyclic amines) is 1. The molecule has 0 spiro atoms. The second kappa shape index (κ2) is 9.01. The molecule has 2 aromatic rings. The monoisotopic (exact) mass is 383 g/mol. The molecule has 1 saturated heterocycles. The number of amides is 1. The van der Waals surface area contributed by atoms with Crippen molar-refractivity contribution in [1.82, 2.24) is 25.2 Å². The second-order valence-electron chi connectivity index (χ2n) is 7.60. The summed E-state index contributed by atoms with van der Waals surface area (Å²) < 4.78 is 7.12. The van der Waals surface area contributed by atoms with Crippen LogP contribution in [-0.2, 0) is 11.3 Å². The predicted molar refractivity (Wildman–Crippen MR) is 108 cm³/mol. The van der Waals surface area contributed by atoms with E-state index in [0.29, 0.717) is 0 Å². The number of hydrogen-bond acceptors (Lipinski definition) is 5. The number of rotatable bonds is 7. The molecular formula is C21H29N5O2. The van der Waals surface area contributed by atoms with Crippen LogP contribution in [-0.4, -0.2) is 52.0 Å². The van der Waals surface area contributed by atoms with Gasteiger partial charge in [-0.15, -0.1) is 5.10 Å². The Hall–Kier alpha value is -2.67. The Morgan fingerprint density at radius 2 is 2.11 bits per heavy atom. The van der Waals surface area contributed by atoms with Crippen molar-refractivity contribution in [1.29, 1.82) is 0 Å². The molecule has 1 aliphatic rings. The van der Waals surface area contributed by atoms with Crippen molar-refractivity contribution < 1.29 is 9.53 Å². The van der Waals surface area contributed by atoms with E-state index in [2.05, 4.69) is 53.1 Å². The molecule has 0 radical (unpaired) electrons. The highest BCUT2D eigenvalue weighted by Crippen LogP contribution is 2.27. The molecule has 150 valence electrons. The summed E-state index contributed by atoms with van der Waals surface area (Å²) in [6.45, 7) is 10.2. The smallest absolute Gasteiger partial charge is 0.243 e. The zero-order valence-corrected chi connectivity index (χ0v) is 16.8. The number of carbonyl (C=O) groups is 1. The molecule has 0 bridgehead atoms. The quantitative estimate of drug-likeness (QED) is 0.744. The van der Waals surface area contributed by atoms with Crippen molar-refractivity contribution in [2.45, 2.75) is 44.8 Å². The summed E-state index contributed by atoms with van der Waals surface area (Å²) in [6, 6.07) is 8.43. The Kier molecular flexibility index (Phi) is 6.46. The first-order valence-electron chi connectivity index (χ1n) is 9.68. The van der Waals surface area contributed by atoms with Crippen LogP contribution in [0.2, 0.25) is 0 Å². The standard InChI is InChI=1S/C21H29N5O2/c1-5-21(27)22-18-10-17(20-14-26(15(2)3)24-23-20)12-25(13-18)11-16-6-8-19(28-4)9-7-16/h5-9,14-15,17-18H,1,10-13H2,2-4H3,(H,22,27)/t17-,18+/m1/s1. The normalized spacial score (nSPS) is 20.1. The van der Waals surface area contributed by atoms with Crippen molar-refractivity contribution in [3.8, 4) is 5.75 Å². The van der Waals surface area contributed by atoms with Gasteiger partial charge < -0.3 is 10.1 Å². The number of methoxy groups -OCH3 is 1. The fourth-order valence-corrected chi connectivity index (χ4v) is 3.62. The van der Waals surface area contributed by atoms with Crippen LogP contribution in [0.4, 0.5) is 0 Å². The maximum Gasteiger partial charge on any atom is 0.243 e. The largest absolute Gasteiger partial charge is 0.497 e. The lowest BCUT2D eigenvalue weighted by Crippen LogP contribution is -2.49. The number of nitrogens with zero attached hydrogens (tertiary/aromatic N) is 4. The predicted octanol–water partition coefficient (Wildman–Crippen LogP) is 2.53. The highest BCUT2D eigenvalue weighted by Gasteiger charge is 2.30. The van der Waals surface area contributed by atoms with E-state index in [1.807, 2.05) is 23.0 Å². The van der Waals surface area contributed by atoms with Crippen LogP contribution in [0.3, 0.4) is 0 Å². The molecule has 1 N–H and O–H groups in total. The topological polar surface area (TPSA) is 72.3 Å². The molecular weight excluding hydrogens is 354 g/mol. The number of nitrogens with one attached hydrogen (secondary N) is 1. The van der Waals surface area contributed by atoms with E-state index < -0.39 is 0 Å². The average Bonchev–Trinajstić information content (AvgIpc) is 3.19. The summed E-state index contributed by atoms with van der Waals surface area (Å²) in [7, 11) is 1.67. The van der Waals surface area contributed by atoms with E-state index in [0.717, 1.165) is 37.5 Å². The van der Waals surface area contributed by atoms with E-state index in [1.165, 1.54) is 11.6 Å². The number of carbonyl (C=O) groups excluding carboxylic acids is 1. The number of ether oxygens (including phenoxy) is 1. The van der Waals surface area contributed by atoms with Gasteiger partial charge in [-0.3, -0.25) is 9.69 Å². The van der Waals surface area contributed by atoms with Crippen LogP contribution >= 0.6 is 0 Å². The van der Waals surface area contributed by atoms with Crippen LogP contribution in [0.15, 0.2) is 43.1 Å². The molecule has 1 aromatic carbocycles. The van der Waals surface area contributed by atoms with Gasteiger partial charge in [-0.25, -0.2) is 4.68 Å². The number of hydrogen-bond donors (Lipinski definition) is 1. The molecule has 0 unspecified atom stereocenters. The van der Waals surface area contributed by atoms with Crippen LogP contribution in [0, 0.1) is 0 Å². The Morgan fingerprint density at radius 3 is 2.71 bits per heavy atom. The van der Waals surface area contributed by atoms with Crippen molar-refractivity contribution in [3.05, 3.63) is 54.4 Å². The first-order valence-corrected chi connectivity index (χ1v) is 9.68. The van der Waals surface area contributed by atoms with E-state index in [4.69, 9.17) is 4.74 Å². The fourth-order valence-electron chi connectivity index (χ4n) is 3.62. The highest BCUT2D eigenvalue weighted by atomic mass is 16.5. The van der Waals surface area contributed by atoms with E-state index in [9.17, 15) is 4.79 Å². The molecule has 7 heteroatoms. The zero-order chi connectivity index (χ0) is 20.1. The third-order valence-electron chi connectivity index (χ3n) is 5.10. The molecule has 3 rings (SSSR count). The second-order valence-corrected chi connectivity index (χ2v) is 7.60. The molecule has 28 heavy (non-hydrogen) atoms. The number of aromatic nitrogens is 3. The van der Waals surface area contributed by atoms with Crippen LogP contribution in [0.1, 0.15) is 43.5 Å². The summed E-state index contributed by atoms with van der Waals surface area (Å²) in [5.74, 6) is 0.928. The number of benzene rings is 1. The van der Waals surface area contributed by atoms with Crippen molar-refractivity contribution in [3.63, 3.8) is 0 Å². The zero-order valence-electron chi connectivity index (χ0n) is 16.8. The number of piperidine rings is 1. The van der Waals surface area contributed by atoms with Crippen LogP contribution in [0.25, 0.3) is 0 Å². The Morgan fingerprint density at radius 1 is 1.36 bits per heavy atom. The fraction of sp³-hybridized carbons (Fsp3) is 0.476. The van der Waals surface area contributed by atoms with Gasteiger partial charge in [0, 0.05) is 43.8 Å². The molecule has 1 amide bonds. The Bertz CT molecular complexity index is 799. The van der Waals surface area contributed by atoms with Crippen molar-refractivity contribution in [2.24, 2.45) is 0 Å². The van der Waals surface area contributed by atoms with Gasteiger partial charge in [0.15, 0.2) is 0 Å². The third-order valence-corrected chi connectivity index (χ3v) is 5.10. The van der Waals surface area contributed by atoms with Gasteiger partial charge in [0.25, 0.3) is 0 Å². The summed E-state index contributed by atoms with van der Waals surface area (Å²) in [4.78, 5) is 14.2. The molecule has 7 nitrogen and oxygen atoms in total. The minimum atomic E-state index is -0.138. The van der Waals surface area contributed by atoms with Gasteiger partial charge in [-0.2, -0.15) is 0 Å². The summed E-state index contributed by atoms with van der Waals surface area (Å²) in [5.41, 5.74) is 2.19. The SMILES string of the molecule is C=CC(=O)N[C@H]1C[C@@H](c2cn(C(C)C)nn2)CN(Cc2ccc(OC)cc2)C1. The van der Waals surface area contributed by atoms with E-state index in [-0.39, 0.29) is 23.9 Å². The maximum absolute atomic E-state index is 11.9. The van der Waals surface area contributed by atoms with Crippen LogP contribution in [0.5, 0.6) is 5.75 Å². The molecule has 1 fully saturated rings. The Balaban J connectivity index is 1.75. The third kappa shape index (κ3) is 4.98. The Labute approximate surface area is 166 Å². The maximum atomic E-state index is 11.9. The molecule has 2 atom stereocenters. The average molecular weight is 383 g/mol. The molecule has 1 aliphatic heterocycles. The van der Waals surface area contributed by atoms with Gasteiger partial charge in [-0.05, 0) is 44.0 Å². The molecule has 1 aromatic heterocycles.